The molecule has 1 aromatic rings. The number of hydrogen-bond donors (Lipinski definition) is 2. The smallest absolute Gasteiger partial charge is 0.234 e. The normalized spacial score (nSPS) is 16.8. The number of fused-ring (bicyclic) bond motifs is 1. The average molecular weight is 276 g/mol. The Hall–Kier alpha value is -1.75. The maximum atomic E-state index is 11.5. The zero-order valence-corrected chi connectivity index (χ0v) is 11.5. The molecule has 5 heteroatoms. The molecule has 20 heavy (non-hydrogen) atoms. The largest absolute Gasteiger partial charge is 0.486 e. The highest BCUT2D eigenvalue weighted by molar-refractivity contribution is 5.78. The van der Waals surface area contributed by atoms with Gasteiger partial charge >= 0.3 is 0 Å². The lowest BCUT2D eigenvalue weighted by atomic mass is 10.1. The highest BCUT2D eigenvalue weighted by Crippen LogP contribution is 2.30. The molecule has 5 nitrogen and oxygen atoms in total. The van der Waals surface area contributed by atoms with Gasteiger partial charge in [0.25, 0.3) is 0 Å². The Bertz CT molecular complexity index is 486. The minimum atomic E-state index is 0.0923. The van der Waals surface area contributed by atoms with Crippen LogP contribution in [-0.4, -0.2) is 38.3 Å². The molecular weight excluding hydrogens is 256 g/mol. The molecule has 1 amide bonds. The molecule has 1 heterocycles. The maximum absolute atomic E-state index is 11.5. The fourth-order valence-electron chi connectivity index (χ4n) is 2.18. The third kappa shape index (κ3) is 3.63. The summed E-state index contributed by atoms with van der Waals surface area (Å²) in [5.74, 6) is 1.73. The topological polar surface area (TPSA) is 59.6 Å². The van der Waals surface area contributed by atoms with Crippen molar-refractivity contribution in [2.75, 3.05) is 26.3 Å². The van der Waals surface area contributed by atoms with Crippen molar-refractivity contribution in [2.24, 2.45) is 0 Å². The van der Waals surface area contributed by atoms with Gasteiger partial charge in [-0.05, 0) is 43.5 Å². The van der Waals surface area contributed by atoms with Crippen LogP contribution in [0.25, 0.3) is 0 Å². The SMILES string of the molecule is O=C(CNCCc1ccc2c(c1)OCCO2)NC1CC1. The van der Waals surface area contributed by atoms with E-state index >= 15 is 0 Å². The second-order valence-electron chi connectivity index (χ2n) is 5.25. The molecule has 1 aliphatic heterocycles. The van der Waals surface area contributed by atoms with Gasteiger partial charge in [0.05, 0.1) is 6.54 Å². The first-order chi connectivity index (χ1) is 9.81. The van der Waals surface area contributed by atoms with Crippen molar-refractivity contribution >= 4 is 5.91 Å². The Balaban J connectivity index is 1.40. The van der Waals surface area contributed by atoms with Crippen LogP contribution < -0.4 is 20.1 Å². The van der Waals surface area contributed by atoms with Crippen molar-refractivity contribution in [1.29, 1.82) is 0 Å². The molecule has 0 saturated heterocycles. The van der Waals surface area contributed by atoms with Gasteiger partial charge in [-0.2, -0.15) is 0 Å². The van der Waals surface area contributed by atoms with E-state index in [1.807, 2.05) is 18.2 Å². The van der Waals surface area contributed by atoms with E-state index in [-0.39, 0.29) is 5.91 Å². The third-order valence-electron chi connectivity index (χ3n) is 3.43. The molecular formula is C15H20N2O3. The van der Waals surface area contributed by atoms with E-state index in [9.17, 15) is 4.79 Å². The van der Waals surface area contributed by atoms with Crippen LogP contribution in [0.5, 0.6) is 11.5 Å². The fourth-order valence-corrected chi connectivity index (χ4v) is 2.18. The molecule has 0 bridgehead atoms. The quantitative estimate of drug-likeness (QED) is 0.757. The number of hydrogen-bond acceptors (Lipinski definition) is 4. The molecule has 0 unspecified atom stereocenters. The van der Waals surface area contributed by atoms with Crippen LogP contribution >= 0.6 is 0 Å². The molecule has 0 atom stereocenters. The summed E-state index contributed by atoms with van der Waals surface area (Å²) in [7, 11) is 0. The van der Waals surface area contributed by atoms with Crippen molar-refractivity contribution in [1.82, 2.24) is 10.6 Å². The van der Waals surface area contributed by atoms with E-state index in [0.29, 0.717) is 25.8 Å². The van der Waals surface area contributed by atoms with E-state index in [0.717, 1.165) is 37.3 Å². The monoisotopic (exact) mass is 276 g/mol. The van der Waals surface area contributed by atoms with E-state index in [2.05, 4.69) is 10.6 Å². The fraction of sp³-hybridized carbons (Fsp3) is 0.533. The van der Waals surface area contributed by atoms with Crippen molar-refractivity contribution < 1.29 is 14.3 Å². The van der Waals surface area contributed by atoms with Gasteiger partial charge in [0, 0.05) is 6.04 Å². The summed E-state index contributed by atoms with van der Waals surface area (Å²) in [4.78, 5) is 11.5. The van der Waals surface area contributed by atoms with Gasteiger partial charge in [-0.15, -0.1) is 0 Å². The number of rotatable bonds is 6. The van der Waals surface area contributed by atoms with Crippen molar-refractivity contribution in [2.45, 2.75) is 25.3 Å². The lowest BCUT2D eigenvalue weighted by Gasteiger charge is -2.18. The van der Waals surface area contributed by atoms with Gasteiger partial charge < -0.3 is 20.1 Å². The van der Waals surface area contributed by atoms with Crippen LogP contribution in [0, 0.1) is 0 Å². The molecule has 0 spiro atoms. The third-order valence-corrected chi connectivity index (χ3v) is 3.43. The zero-order valence-electron chi connectivity index (χ0n) is 11.5. The molecule has 1 aliphatic carbocycles. The first kappa shape index (κ1) is 13.2. The van der Waals surface area contributed by atoms with Crippen LogP contribution in [0.2, 0.25) is 0 Å². The second-order valence-corrected chi connectivity index (χ2v) is 5.25. The number of carbonyl (C=O) groups is 1. The summed E-state index contributed by atoms with van der Waals surface area (Å²) < 4.78 is 11.0. The minimum absolute atomic E-state index is 0.0923. The second kappa shape index (κ2) is 6.13. The Morgan fingerprint density at radius 3 is 2.80 bits per heavy atom. The molecule has 3 rings (SSSR count). The predicted octanol–water partition coefficient (Wildman–Crippen LogP) is 0.868. The molecule has 1 aromatic carbocycles. The Morgan fingerprint density at radius 1 is 1.20 bits per heavy atom. The summed E-state index contributed by atoms with van der Waals surface area (Å²) >= 11 is 0. The molecule has 2 N–H and O–H groups in total. The predicted molar refractivity (Wildman–Crippen MR) is 75.2 cm³/mol. The zero-order chi connectivity index (χ0) is 13.8. The Kier molecular flexibility index (Phi) is 4.06. The van der Waals surface area contributed by atoms with Crippen LogP contribution in [0.3, 0.4) is 0 Å². The van der Waals surface area contributed by atoms with Crippen molar-refractivity contribution in [3.8, 4) is 11.5 Å². The Labute approximate surface area is 118 Å². The standard InChI is InChI=1S/C15H20N2O3/c18-15(17-12-2-3-12)10-16-6-5-11-1-4-13-14(9-11)20-8-7-19-13/h1,4,9,12,16H,2-3,5-8,10H2,(H,17,18). The number of benzene rings is 1. The average Bonchev–Trinajstić information content (AvgIpc) is 3.27. The highest BCUT2D eigenvalue weighted by atomic mass is 16.6. The number of carbonyl (C=O) groups excluding carboxylic acids is 1. The lowest BCUT2D eigenvalue weighted by Crippen LogP contribution is -2.35. The summed E-state index contributed by atoms with van der Waals surface area (Å²) in [6, 6.07) is 6.44. The van der Waals surface area contributed by atoms with Gasteiger partial charge in [0.1, 0.15) is 13.2 Å². The maximum Gasteiger partial charge on any atom is 0.234 e. The molecule has 0 aromatic heterocycles. The summed E-state index contributed by atoms with van der Waals surface area (Å²) in [6.45, 7) is 2.39. The van der Waals surface area contributed by atoms with Gasteiger partial charge in [-0.25, -0.2) is 0 Å². The summed E-state index contributed by atoms with van der Waals surface area (Å²) in [5, 5.41) is 6.12. The number of ether oxygens (including phenoxy) is 2. The molecule has 0 radical (unpaired) electrons. The molecule has 1 saturated carbocycles. The van der Waals surface area contributed by atoms with Gasteiger partial charge in [-0.1, -0.05) is 6.07 Å². The van der Waals surface area contributed by atoms with Crippen LogP contribution in [-0.2, 0) is 11.2 Å². The van der Waals surface area contributed by atoms with Crippen molar-refractivity contribution in [3.05, 3.63) is 23.8 Å². The van der Waals surface area contributed by atoms with Crippen molar-refractivity contribution in [3.63, 3.8) is 0 Å². The summed E-state index contributed by atoms with van der Waals surface area (Å²) in [5.41, 5.74) is 1.18. The van der Waals surface area contributed by atoms with Crippen LogP contribution in [0.15, 0.2) is 18.2 Å². The molecule has 2 aliphatic rings. The highest BCUT2D eigenvalue weighted by Gasteiger charge is 2.22. The number of nitrogens with one attached hydrogen (secondary N) is 2. The van der Waals surface area contributed by atoms with E-state index in [1.54, 1.807) is 0 Å². The lowest BCUT2D eigenvalue weighted by molar-refractivity contribution is -0.120. The first-order valence-electron chi connectivity index (χ1n) is 7.20. The number of amides is 1. The molecule has 108 valence electrons. The summed E-state index contributed by atoms with van der Waals surface area (Å²) in [6.07, 6.45) is 3.12. The first-order valence-corrected chi connectivity index (χ1v) is 7.20. The van der Waals surface area contributed by atoms with Gasteiger partial charge in [0.2, 0.25) is 5.91 Å². The van der Waals surface area contributed by atoms with E-state index in [1.165, 1.54) is 5.56 Å². The van der Waals surface area contributed by atoms with E-state index < -0.39 is 0 Å². The molecule has 1 fully saturated rings. The van der Waals surface area contributed by atoms with Crippen LogP contribution in [0.4, 0.5) is 0 Å². The van der Waals surface area contributed by atoms with E-state index in [4.69, 9.17) is 9.47 Å². The van der Waals surface area contributed by atoms with Gasteiger partial charge in [0.15, 0.2) is 11.5 Å². The minimum Gasteiger partial charge on any atom is -0.486 e. The van der Waals surface area contributed by atoms with Crippen LogP contribution in [0.1, 0.15) is 18.4 Å². The Morgan fingerprint density at radius 2 is 2.00 bits per heavy atom. The van der Waals surface area contributed by atoms with Gasteiger partial charge in [-0.3, -0.25) is 4.79 Å².